The first-order valence-corrected chi connectivity index (χ1v) is 10.7. The molecule has 0 heterocycles. The zero-order valence-corrected chi connectivity index (χ0v) is 16.3. The lowest BCUT2D eigenvalue weighted by atomic mass is 9.53. The summed E-state index contributed by atoms with van der Waals surface area (Å²) in [4.78, 5) is 0. The van der Waals surface area contributed by atoms with Gasteiger partial charge in [0.25, 0.3) is 0 Å². The zero-order chi connectivity index (χ0) is 17.7. The summed E-state index contributed by atoms with van der Waals surface area (Å²) in [6.07, 6.45) is 17.6. The van der Waals surface area contributed by atoms with E-state index in [0.717, 1.165) is 29.4 Å². The Labute approximate surface area is 158 Å². The van der Waals surface area contributed by atoms with E-state index in [9.17, 15) is 0 Å². The summed E-state index contributed by atoms with van der Waals surface area (Å²) in [5.74, 6) is 4.94. The van der Waals surface area contributed by atoms with E-state index in [1.807, 2.05) is 0 Å². The predicted octanol–water partition coefficient (Wildman–Crippen LogP) is 6.52. The second-order valence-corrected chi connectivity index (χ2v) is 9.42. The Morgan fingerprint density at radius 1 is 1.08 bits per heavy atom. The first-order valence-electron chi connectivity index (χ1n) is 10.7. The Balaban J connectivity index is 1.51. The molecule has 26 heavy (non-hydrogen) atoms. The van der Waals surface area contributed by atoms with E-state index in [1.54, 1.807) is 12.7 Å². The SMILES string of the molecule is COc1ccc(C2CCCC3=CC[C@@H]4[C@H](C=C[C@]5(C)CCC[C@@H]45)[C@H]32)cc1. The maximum Gasteiger partial charge on any atom is 0.118 e. The second kappa shape index (κ2) is 6.29. The first-order chi connectivity index (χ1) is 12.7. The number of allylic oxidation sites excluding steroid dienone is 4. The van der Waals surface area contributed by atoms with Gasteiger partial charge in [-0.05, 0) is 91.2 Å². The third-order valence-electron chi connectivity index (χ3n) is 8.24. The van der Waals surface area contributed by atoms with Crippen LogP contribution in [0.25, 0.3) is 0 Å². The predicted molar refractivity (Wildman–Crippen MR) is 107 cm³/mol. The van der Waals surface area contributed by atoms with E-state index in [0.29, 0.717) is 11.3 Å². The van der Waals surface area contributed by atoms with Gasteiger partial charge in [-0.15, -0.1) is 0 Å². The van der Waals surface area contributed by atoms with Crippen LogP contribution in [0, 0.1) is 29.1 Å². The summed E-state index contributed by atoms with van der Waals surface area (Å²) < 4.78 is 5.38. The van der Waals surface area contributed by atoms with Crippen LogP contribution in [0.4, 0.5) is 0 Å². The topological polar surface area (TPSA) is 9.23 Å². The molecule has 1 heteroatoms. The third-order valence-corrected chi connectivity index (χ3v) is 8.24. The van der Waals surface area contributed by atoms with Gasteiger partial charge in [0.2, 0.25) is 0 Å². The lowest BCUT2D eigenvalue weighted by Crippen LogP contribution is -2.42. The van der Waals surface area contributed by atoms with Gasteiger partial charge < -0.3 is 4.74 Å². The van der Waals surface area contributed by atoms with E-state index in [-0.39, 0.29) is 0 Å². The Morgan fingerprint density at radius 3 is 2.73 bits per heavy atom. The van der Waals surface area contributed by atoms with Gasteiger partial charge in [-0.1, -0.05) is 49.3 Å². The Hall–Kier alpha value is -1.50. The number of benzene rings is 1. The van der Waals surface area contributed by atoms with Crippen LogP contribution < -0.4 is 4.74 Å². The molecular weight excluding hydrogens is 316 g/mol. The molecule has 0 spiro atoms. The van der Waals surface area contributed by atoms with Crippen LogP contribution in [0.5, 0.6) is 5.75 Å². The quantitative estimate of drug-likeness (QED) is 0.553. The Kier molecular flexibility index (Phi) is 4.03. The van der Waals surface area contributed by atoms with Gasteiger partial charge >= 0.3 is 0 Å². The molecule has 2 fully saturated rings. The second-order valence-electron chi connectivity index (χ2n) is 9.42. The number of hydrogen-bond donors (Lipinski definition) is 0. The maximum atomic E-state index is 5.38. The molecule has 1 aromatic carbocycles. The fourth-order valence-electron chi connectivity index (χ4n) is 6.97. The Bertz CT molecular complexity index is 727. The summed E-state index contributed by atoms with van der Waals surface area (Å²) in [6.45, 7) is 2.53. The van der Waals surface area contributed by atoms with Crippen molar-refractivity contribution in [1.29, 1.82) is 0 Å². The molecule has 1 aromatic rings. The van der Waals surface area contributed by atoms with Crippen molar-refractivity contribution >= 4 is 0 Å². The molecule has 0 saturated heterocycles. The van der Waals surface area contributed by atoms with Crippen molar-refractivity contribution in [3.63, 3.8) is 0 Å². The number of fused-ring (bicyclic) bond motifs is 5. The average molecular weight is 349 g/mol. The largest absolute Gasteiger partial charge is 0.497 e. The summed E-state index contributed by atoms with van der Waals surface area (Å²) >= 11 is 0. The van der Waals surface area contributed by atoms with Crippen molar-refractivity contribution in [3.8, 4) is 5.75 Å². The molecule has 6 atom stereocenters. The fourth-order valence-corrected chi connectivity index (χ4v) is 6.97. The van der Waals surface area contributed by atoms with Crippen molar-refractivity contribution in [1.82, 2.24) is 0 Å². The van der Waals surface area contributed by atoms with E-state index >= 15 is 0 Å². The van der Waals surface area contributed by atoms with Gasteiger partial charge in [0.05, 0.1) is 7.11 Å². The smallest absolute Gasteiger partial charge is 0.118 e. The highest BCUT2D eigenvalue weighted by Crippen LogP contribution is 2.60. The molecule has 1 unspecified atom stereocenters. The normalized spacial score (nSPS) is 41.0. The highest BCUT2D eigenvalue weighted by molar-refractivity contribution is 5.35. The summed E-state index contributed by atoms with van der Waals surface area (Å²) in [5, 5.41) is 0. The maximum absolute atomic E-state index is 5.38. The van der Waals surface area contributed by atoms with Crippen molar-refractivity contribution in [2.75, 3.05) is 7.11 Å². The summed E-state index contributed by atoms with van der Waals surface area (Å²) in [7, 11) is 1.76. The van der Waals surface area contributed by atoms with Crippen LogP contribution in [-0.2, 0) is 0 Å². The minimum absolute atomic E-state index is 0.483. The van der Waals surface area contributed by atoms with Gasteiger partial charge in [0.15, 0.2) is 0 Å². The highest BCUT2D eigenvalue weighted by Gasteiger charge is 2.50. The highest BCUT2D eigenvalue weighted by atomic mass is 16.5. The molecule has 4 aliphatic carbocycles. The molecular formula is C25H32O. The van der Waals surface area contributed by atoms with Crippen LogP contribution in [0.1, 0.15) is 63.4 Å². The minimum atomic E-state index is 0.483. The van der Waals surface area contributed by atoms with Gasteiger partial charge in [0, 0.05) is 0 Å². The van der Waals surface area contributed by atoms with Crippen molar-refractivity contribution in [3.05, 3.63) is 53.6 Å². The van der Waals surface area contributed by atoms with E-state index < -0.39 is 0 Å². The van der Waals surface area contributed by atoms with E-state index in [1.165, 1.54) is 50.5 Å². The minimum Gasteiger partial charge on any atom is -0.497 e. The number of rotatable bonds is 2. The zero-order valence-electron chi connectivity index (χ0n) is 16.3. The fraction of sp³-hybridized carbons (Fsp3) is 0.600. The summed E-state index contributed by atoms with van der Waals surface area (Å²) in [6, 6.07) is 8.95. The monoisotopic (exact) mass is 348 g/mol. The van der Waals surface area contributed by atoms with Crippen LogP contribution in [0.3, 0.4) is 0 Å². The van der Waals surface area contributed by atoms with E-state index in [2.05, 4.69) is 49.4 Å². The molecule has 0 N–H and O–H groups in total. The molecule has 0 aliphatic heterocycles. The molecule has 0 bridgehead atoms. The summed E-state index contributed by atoms with van der Waals surface area (Å²) in [5.41, 5.74) is 3.77. The van der Waals surface area contributed by atoms with Crippen molar-refractivity contribution in [2.24, 2.45) is 29.1 Å². The van der Waals surface area contributed by atoms with Gasteiger partial charge in [-0.2, -0.15) is 0 Å². The van der Waals surface area contributed by atoms with Crippen LogP contribution in [-0.4, -0.2) is 7.11 Å². The van der Waals surface area contributed by atoms with Crippen molar-refractivity contribution in [2.45, 2.75) is 57.8 Å². The standard InChI is InChI=1S/C25H32O/c1-25-15-4-7-23(25)21-13-10-18-5-3-6-20(24(18)22(21)14-16-25)17-8-11-19(26-2)12-9-17/h8-12,14,16,20-24H,3-7,13,15H2,1-2H3/t20?,21-,22+,23+,24-,25+/m1/s1. The molecule has 4 aliphatic rings. The van der Waals surface area contributed by atoms with Gasteiger partial charge in [0.1, 0.15) is 5.75 Å². The van der Waals surface area contributed by atoms with Crippen LogP contribution in [0.2, 0.25) is 0 Å². The molecule has 5 rings (SSSR count). The third kappa shape index (κ3) is 2.50. The van der Waals surface area contributed by atoms with E-state index in [4.69, 9.17) is 4.74 Å². The van der Waals surface area contributed by atoms with Gasteiger partial charge in [-0.3, -0.25) is 0 Å². The molecule has 2 saturated carbocycles. The molecule has 0 aromatic heterocycles. The van der Waals surface area contributed by atoms with Gasteiger partial charge in [-0.25, -0.2) is 0 Å². The van der Waals surface area contributed by atoms with Crippen molar-refractivity contribution < 1.29 is 4.74 Å². The lowest BCUT2D eigenvalue weighted by molar-refractivity contribution is 0.100. The van der Waals surface area contributed by atoms with Crippen LogP contribution >= 0.6 is 0 Å². The molecule has 138 valence electrons. The number of hydrogen-bond acceptors (Lipinski definition) is 1. The molecule has 0 radical (unpaired) electrons. The average Bonchev–Trinajstić information content (AvgIpc) is 3.09. The number of ether oxygens (including phenoxy) is 1. The van der Waals surface area contributed by atoms with Crippen LogP contribution in [0.15, 0.2) is 48.1 Å². The molecule has 1 nitrogen and oxygen atoms in total. The first kappa shape index (κ1) is 16.7. The lowest BCUT2D eigenvalue weighted by Gasteiger charge is -2.51. The molecule has 0 amide bonds. The number of methoxy groups -OCH3 is 1. The Morgan fingerprint density at radius 2 is 1.92 bits per heavy atom.